The molecule has 0 amide bonds. The van der Waals surface area contributed by atoms with E-state index in [9.17, 15) is 4.79 Å². The van der Waals surface area contributed by atoms with E-state index in [1.165, 1.54) is 0 Å². The summed E-state index contributed by atoms with van der Waals surface area (Å²) in [5, 5.41) is 3.85. The molecule has 0 aliphatic heterocycles. The number of ether oxygens (including phenoxy) is 1. The molecule has 0 aliphatic carbocycles. The van der Waals surface area contributed by atoms with E-state index in [2.05, 4.69) is 16.9 Å². The van der Waals surface area contributed by atoms with Crippen molar-refractivity contribution < 1.29 is 9.53 Å². The van der Waals surface area contributed by atoms with E-state index < -0.39 is 0 Å². The van der Waals surface area contributed by atoms with E-state index in [1.807, 2.05) is 24.3 Å². The Hall–Kier alpha value is -2.88. The van der Waals surface area contributed by atoms with Gasteiger partial charge in [0.15, 0.2) is 6.29 Å². The molecule has 0 atom stereocenters. The molecule has 4 nitrogen and oxygen atoms in total. The van der Waals surface area contributed by atoms with Crippen molar-refractivity contribution in [2.24, 2.45) is 0 Å². The summed E-state index contributed by atoms with van der Waals surface area (Å²) in [5.74, 6) is 0.772. The van der Waals surface area contributed by atoms with Crippen molar-refractivity contribution in [1.29, 1.82) is 0 Å². The highest BCUT2D eigenvalue weighted by molar-refractivity contribution is 6.22. The summed E-state index contributed by atoms with van der Waals surface area (Å²) in [6, 6.07) is 7.80. The molecule has 2 heterocycles. The lowest BCUT2D eigenvalue weighted by Gasteiger charge is -2.07. The van der Waals surface area contributed by atoms with E-state index in [4.69, 9.17) is 4.74 Å². The molecule has 108 valence electrons. The monoisotopic (exact) mass is 290 g/mol. The molecule has 4 rings (SSSR count). The molecule has 0 saturated carbocycles. The van der Waals surface area contributed by atoms with Crippen molar-refractivity contribution in [2.75, 3.05) is 7.11 Å². The van der Waals surface area contributed by atoms with Crippen molar-refractivity contribution >= 4 is 38.9 Å². The van der Waals surface area contributed by atoms with E-state index in [0.717, 1.165) is 50.2 Å². The molecule has 4 heteroatoms. The van der Waals surface area contributed by atoms with Gasteiger partial charge in [0.05, 0.1) is 12.6 Å². The molecule has 22 heavy (non-hydrogen) atoms. The lowest BCUT2D eigenvalue weighted by atomic mass is 9.97. The highest BCUT2D eigenvalue weighted by Crippen LogP contribution is 2.36. The van der Waals surface area contributed by atoms with E-state index in [1.54, 1.807) is 19.5 Å². The number of H-pyrrole nitrogens is 1. The maximum absolute atomic E-state index is 11.8. The van der Waals surface area contributed by atoms with Gasteiger partial charge in [-0.25, -0.2) is 0 Å². The number of hydrogen-bond acceptors (Lipinski definition) is 3. The van der Waals surface area contributed by atoms with Crippen molar-refractivity contribution in [2.45, 2.75) is 6.92 Å². The molecular weight excluding hydrogens is 276 g/mol. The van der Waals surface area contributed by atoms with Gasteiger partial charge in [0.25, 0.3) is 0 Å². The van der Waals surface area contributed by atoms with Gasteiger partial charge in [-0.3, -0.25) is 9.78 Å². The molecule has 4 aromatic rings. The molecule has 0 unspecified atom stereocenters. The number of pyridine rings is 1. The van der Waals surface area contributed by atoms with E-state index in [0.29, 0.717) is 5.56 Å². The van der Waals surface area contributed by atoms with Crippen LogP contribution in [0.5, 0.6) is 5.75 Å². The number of aromatic nitrogens is 2. The summed E-state index contributed by atoms with van der Waals surface area (Å²) in [4.78, 5) is 19.4. The van der Waals surface area contributed by atoms with Gasteiger partial charge in [0.2, 0.25) is 0 Å². The standard InChI is InChI=1S/C18H14N2O2/c1-10-12-5-6-19-8-14(12)15(9-21)17-13-7-11(22-2)3-4-16(13)20-18(10)17/h3-9,20H,1-2H3. The van der Waals surface area contributed by atoms with Crippen molar-refractivity contribution in [3.05, 3.63) is 47.8 Å². The van der Waals surface area contributed by atoms with Crippen LogP contribution in [0.4, 0.5) is 0 Å². The Labute approximate surface area is 126 Å². The zero-order chi connectivity index (χ0) is 15.3. The average molecular weight is 290 g/mol. The zero-order valence-electron chi connectivity index (χ0n) is 12.3. The number of nitrogens with zero attached hydrogens (tertiary/aromatic N) is 1. The number of hydrogen-bond donors (Lipinski definition) is 1. The van der Waals surface area contributed by atoms with E-state index in [-0.39, 0.29) is 0 Å². The van der Waals surface area contributed by atoms with Gasteiger partial charge >= 0.3 is 0 Å². The molecule has 0 aliphatic rings. The summed E-state index contributed by atoms with van der Waals surface area (Å²) in [5.41, 5.74) is 3.77. The van der Waals surface area contributed by atoms with Gasteiger partial charge in [0, 0.05) is 39.6 Å². The van der Waals surface area contributed by atoms with Crippen LogP contribution in [0, 0.1) is 6.92 Å². The minimum absolute atomic E-state index is 0.670. The number of carbonyl (C=O) groups excluding carboxylic acids is 1. The SMILES string of the molecule is COc1ccc2[nH]c3c(C)c4ccncc4c(C=O)c3c2c1. The number of rotatable bonds is 2. The summed E-state index contributed by atoms with van der Waals surface area (Å²) < 4.78 is 5.32. The highest BCUT2D eigenvalue weighted by atomic mass is 16.5. The van der Waals surface area contributed by atoms with Gasteiger partial charge in [-0.05, 0) is 42.1 Å². The van der Waals surface area contributed by atoms with Crippen LogP contribution in [0.3, 0.4) is 0 Å². The van der Waals surface area contributed by atoms with Gasteiger partial charge < -0.3 is 9.72 Å². The number of aromatic amines is 1. The fraction of sp³-hybridized carbons (Fsp3) is 0.111. The topological polar surface area (TPSA) is 55.0 Å². The van der Waals surface area contributed by atoms with Crippen molar-refractivity contribution in [3.8, 4) is 5.75 Å². The van der Waals surface area contributed by atoms with Crippen molar-refractivity contribution in [1.82, 2.24) is 9.97 Å². The third kappa shape index (κ3) is 1.58. The van der Waals surface area contributed by atoms with Crippen molar-refractivity contribution in [3.63, 3.8) is 0 Å². The number of aldehydes is 1. The average Bonchev–Trinajstić information content (AvgIpc) is 2.94. The van der Waals surface area contributed by atoms with Gasteiger partial charge in [0.1, 0.15) is 5.75 Å². The maximum atomic E-state index is 11.8. The summed E-state index contributed by atoms with van der Waals surface area (Å²) >= 11 is 0. The van der Waals surface area contributed by atoms with Gasteiger partial charge in [-0.2, -0.15) is 0 Å². The summed E-state index contributed by atoms with van der Waals surface area (Å²) in [6.07, 6.45) is 4.42. The number of nitrogens with one attached hydrogen (secondary N) is 1. The highest BCUT2D eigenvalue weighted by Gasteiger charge is 2.16. The van der Waals surface area contributed by atoms with Crippen LogP contribution in [-0.4, -0.2) is 23.4 Å². The Morgan fingerprint density at radius 3 is 2.82 bits per heavy atom. The zero-order valence-corrected chi connectivity index (χ0v) is 12.3. The molecule has 0 saturated heterocycles. The maximum Gasteiger partial charge on any atom is 0.151 e. The number of aryl methyl sites for hydroxylation is 1. The first-order chi connectivity index (χ1) is 10.7. The Morgan fingerprint density at radius 1 is 1.18 bits per heavy atom. The lowest BCUT2D eigenvalue weighted by molar-refractivity contribution is 0.112. The predicted octanol–water partition coefficient (Wildman–Crippen LogP) is 4.00. The lowest BCUT2D eigenvalue weighted by Crippen LogP contribution is -1.91. The fourth-order valence-corrected chi connectivity index (χ4v) is 3.19. The second-order valence-electron chi connectivity index (χ2n) is 5.36. The smallest absolute Gasteiger partial charge is 0.151 e. The van der Waals surface area contributed by atoms with Crippen LogP contribution in [0.2, 0.25) is 0 Å². The quantitative estimate of drug-likeness (QED) is 0.568. The largest absolute Gasteiger partial charge is 0.497 e. The Balaban J connectivity index is 2.32. The fourth-order valence-electron chi connectivity index (χ4n) is 3.19. The van der Waals surface area contributed by atoms with Crippen LogP contribution in [0.25, 0.3) is 32.6 Å². The van der Waals surface area contributed by atoms with Crippen LogP contribution in [-0.2, 0) is 0 Å². The third-order valence-corrected chi connectivity index (χ3v) is 4.28. The number of benzene rings is 2. The molecule has 2 aromatic carbocycles. The third-order valence-electron chi connectivity index (χ3n) is 4.28. The predicted molar refractivity (Wildman–Crippen MR) is 87.8 cm³/mol. The Bertz CT molecular complexity index is 1050. The minimum atomic E-state index is 0.670. The van der Waals surface area contributed by atoms with E-state index >= 15 is 0 Å². The molecule has 0 spiro atoms. The molecule has 2 aromatic heterocycles. The first kappa shape index (κ1) is 12.8. The Morgan fingerprint density at radius 2 is 2.05 bits per heavy atom. The van der Waals surface area contributed by atoms with Gasteiger partial charge in [-0.1, -0.05) is 0 Å². The number of carbonyl (C=O) groups is 1. The first-order valence-electron chi connectivity index (χ1n) is 7.05. The first-order valence-corrected chi connectivity index (χ1v) is 7.05. The summed E-state index contributed by atoms with van der Waals surface area (Å²) in [6.45, 7) is 2.06. The second-order valence-corrected chi connectivity index (χ2v) is 5.36. The number of fused-ring (bicyclic) bond motifs is 4. The minimum Gasteiger partial charge on any atom is -0.497 e. The van der Waals surface area contributed by atoms with Crippen LogP contribution < -0.4 is 4.74 Å². The summed E-state index contributed by atoms with van der Waals surface area (Å²) in [7, 11) is 1.64. The molecule has 0 bridgehead atoms. The molecule has 0 fully saturated rings. The number of methoxy groups -OCH3 is 1. The van der Waals surface area contributed by atoms with Crippen LogP contribution in [0.1, 0.15) is 15.9 Å². The van der Waals surface area contributed by atoms with Gasteiger partial charge in [-0.15, -0.1) is 0 Å². The molecular formula is C18H14N2O2. The second kappa shape index (κ2) is 4.56. The van der Waals surface area contributed by atoms with Crippen LogP contribution in [0.15, 0.2) is 36.7 Å². The molecule has 0 radical (unpaired) electrons. The van der Waals surface area contributed by atoms with Crippen LogP contribution >= 0.6 is 0 Å². The molecule has 1 N–H and O–H groups in total. The normalized spacial score (nSPS) is 11.4. The Kier molecular flexibility index (Phi) is 2.66.